The lowest BCUT2D eigenvalue weighted by atomic mass is 10.2. The molecule has 0 radical (unpaired) electrons. The third-order valence-corrected chi connectivity index (χ3v) is 1.55. The van der Waals surface area contributed by atoms with E-state index in [1.165, 1.54) is 0 Å². The molecule has 0 aliphatic rings. The molecule has 72 valence electrons. The first-order valence-corrected chi connectivity index (χ1v) is 5.47. The summed E-state index contributed by atoms with van der Waals surface area (Å²) in [6.07, 6.45) is 0. The Morgan fingerprint density at radius 1 is 1.58 bits per heavy atom. The van der Waals surface area contributed by atoms with Gasteiger partial charge in [0.2, 0.25) is 6.79 Å². The first-order chi connectivity index (χ1) is 5.33. The van der Waals surface area contributed by atoms with Gasteiger partial charge < -0.3 is 9.63 Å². The molecule has 0 fully saturated rings. The monoisotopic (exact) mass is 196 g/mol. The number of hydrogen-bond donors (Lipinski definition) is 1. The summed E-state index contributed by atoms with van der Waals surface area (Å²) in [6.45, 7) is 3.87. The van der Waals surface area contributed by atoms with E-state index in [1.54, 1.807) is 13.8 Å². The van der Waals surface area contributed by atoms with E-state index in [-0.39, 0.29) is 5.92 Å². The summed E-state index contributed by atoms with van der Waals surface area (Å²) in [6, 6.07) is 0. The van der Waals surface area contributed by atoms with Gasteiger partial charge in [0, 0.05) is 6.66 Å². The largest absolute Gasteiger partial charge is 0.438 e. The minimum Gasteiger partial charge on any atom is -0.438 e. The molecule has 1 unspecified atom stereocenters. The molecule has 0 spiro atoms. The smallest absolute Gasteiger partial charge is 0.327 e. The van der Waals surface area contributed by atoms with Crippen LogP contribution in [0.1, 0.15) is 13.8 Å². The highest BCUT2D eigenvalue weighted by molar-refractivity contribution is 7.51. The fourth-order valence-electron chi connectivity index (χ4n) is 0.349. The molecule has 0 saturated carbocycles. The molecule has 0 aliphatic heterocycles. The number of esters is 1. The number of ether oxygens (including phenoxy) is 1. The Labute approximate surface area is 71.2 Å². The van der Waals surface area contributed by atoms with E-state index in [1.807, 2.05) is 0 Å². The minimum absolute atomic E-state index is 0.261. The molecule has 1 N–H and O–H groups in total. The lowest BCUT2D eigenvalue weighted by Crippen LogP contribution is -2.13. The van der Waals surface area contributed by atoms with Gasteiger partial charge in [-0.1, -0.05) is 13.8 Å². The Balaban J connectivity index is 3.58. The molecule has 0 amide bonds. The molecule has 0 rings (SSSR count). The second kappa shape index (κ2) is 4.60. The quantitative estimate of drug-likeness (QED) is 0.412. The molecule has 0 aromatic carbocycles. The lowest BCUT2D eigenvalue weighted by molar-refractivity contribution is -0.154. The van der Waals surface area contributed by atoms with Gasteiger partial charge >= 0.3 is 13.6 Å². The standard InChI is InChI=1S/C6H13O5P/c1-5(2)6(7)10-4-11-12(3,8)9/h5H,4H2,1-3H3,(H,8,9). The molecule has 5 nitrogen and oxygen atoms in total. The van der Waals surface area contributed by atoms with Gasteiger partial charge in [0.05, 0.1) is 5.92 Å². The molecule has 1 atom stereocenters. The van der Waals surface area contributed by atoms with Crippen molar-refractivity contribution < 1.29 is 23.5 Å². The number of hydrogen-bond acceptors (Lipinski definition) is 4. The van der Waals surface area contributed by atoms with Crippen LogP contribution >= 0.6 is 7.60 Å². The van der Waals surface area contributed by atoms with Crippen molar-refractivity contribution in [3.8, 4) is 0 Å². The topological polar surface area (TPSA) is 72.8 Å². The Hall–Kier alpha value is -0.380. The number of carbonyl (C=O) groups is 1. The average molecular weight is 196 g/mol. The summed E-state index contributed by atoms with van der Waals surface area (Å²) in [5.74, 6) is -0.716. The van der Waals surface area contributed by atoms with Gasteiger partial charge in [-0.15, -0.1) is 0 Å². The third-order valence-electron chi connectivity index (χ3n) is 0.965. The maximum atomic E-state index is 10.8. The van der Waals surface area contributed by atoms with E-state index >= 15 is 0 Å². The molecule has 0 bridgehead atoms. The molecule has 12 heavy (non-hydrogen) atoms. The van der Waals surface area contributed by atoms with Gasteiger partial charge in [0.15, 0.2) is 0 Å². The van der Waals surface area contributed by atoms with Crippen molar-refractivity contribution in [1.82, 2.24) is 0 Å². The number of rotatable bonds is 4. The van der Waals surface area contributed by atoms with Gasteiger partial charge in [0.25, 0.3) is 0 Å². The summed E-state index contributed by atoms with van der Waals surface area (Å²) in [5, 5.41) is 0. The van der Waals surface area contributed by atoms with Crippen LogP contribution in [0, 0.1) is 5.92 Å². The summed E-state index contributed by atoms with van der Waals surface area (Å²) >= 11 is 0. The van der Waals surface area contributed by atoms with E-state index in [0.717, 1.165) is 6.66 Å². The SMILES string of the molecule is CC(C)C(=O)OCOP(C)(=O)O. The highest BCUT2D eigenvalue weighted by Crippen LogP contribution is 2.36. The van der Waals surface area contributed by atoms with E-state index in [0.29, 0.717) is 0 Å². The zero-order valence-electron chi connectivity index (χ0n) is 7.31. The summed E-state index contributed by atoms with van der Waals surface area (Å²) in [5.41, 5.74) is 0. The molecule has 0 aliphatic carbocycles. The molecule has 6 heteroatoms. The third kappa shape index (κ3) is 6.34. The van der Waals surface area contributed by atoms with Crippen molar-refractivity contribution in [3.63, 3.8) is 0 Å². The Bertz CT molecular complexity index is 194. The maximum absolute atomic E-state index is 10.8. The summed E-state index contributed by atoms with van der Waals surface area (Å²) in [7, 11) is -3.53. The fraction of sp³-hybridized carbons (Fsp3) is 0.833. The average Bonchev–Trinajstić information content (AvgIpc) is 1.84. The summed E-state index contributed by atoms with van der Waals surface area (Å²) < 4.78 is 19.3. The fourth-order valence-corrected chi connectivity index (χ4v) is 0.597. The second-order valence-electron chi connectivity index (χ2n) is 2.67. The van der Waals surface area contributed by atoms with Crippen LogP contribution in [0.25, 0.3) is 0 Å². The van der Waals surface area contributed by atoms with Crippen LogP contribution in [0.5, 0.6) is 0 Å². The van der Waals surface area contributed by atoms with Gasteiger partial charge in [0.1, 0.15) is 0 Å². The normalized spacial score (nSPS) is 15.8. The molecule has 0 heterocycles. The summed E-state index contributed by atoms with van der Waals surface area (Å²) in [4.78, 5) is 19.4. The van der Waals surface area contributed by atoms with Crippen molar-refractivity contribution in [3.05, 3.63) is 0 Å². The van der Waals surface area contributed by atoms with Crippen molar-refractivity contribution >= 4 is 13.6 Å². The Kier molecular flexibility index (Phi) is 4.45. The highest BCUT2D eigenvalue weighted by Gasteiger charge is 2.13. The zero-order chi connectivity index (χ0) is 9.78. The van der Waals surface area contributed by atoms with Crippen LogP contribution in [-0.2, 0) is 18.6 Å². The van der Waals surface area contributed by atoms with Crippen LogP contribution in [0.15, 0.2) is 0 Å². The van der Waals surface area contributed by atoms with Gasteiger partial charge in [-0.2, -0.15) is 0 Å². The van der Waals surface area contributed by atoms with Crippen LogP contribution < -0.4 is 0 Å². The Morgan fingerprint density at radius 3 is 2.42 bits per heavy atom. The van der Waals surface area contributed by atoms with E-state index in [2.05, 4.69) is 9.26 Å². The van der Waals surface area contributed by atoms with Gasteiger partial charge in [-0.3, -0.25) is 13.9 Å². The predicted octanol–water partition coefficient (Wildman–Crippen LogP) is 0.975. The second-order valence-corrected chi connectivity index (χ2v) is 4.53. The van der Waals surface area contributed by atoms with Crippen molar-refractivity contribution in [2.75, 3.05) is 13.5 Å². The van der Waals surface area contributed by atoms with Gasteiger partial charge in [-0.25, -0.2) is 0 Å². The van der Waals surface area contributed by atoms with E-state index < -0.39 is 20.4 Å². The number of carbonyl (C=O) groups excluding carboxylic acids is 1. The predicted molar refractivity (Wildman–Crippen MR) is 42.6 cm³/mol. The van der Waals surface area contributed by atoms with Crippen LogP contribution in [-0.4, -0.2) is 24.3 Å². The van der Waals surface area contributed by atoms with Crippen molar-refractivity contribution in [1.29, 1.82) is 0 Å². The van der Waals surface area contributed by atoms with E-state index in [9.17, 15) is 9.36 Å². The van der Waals surface area contributed by atoms with Crippen LogP contribution in [0.3, 0.4) is 0 Å². The highest BCUT2D eigenvalue weighted by atomic mass is 31.2. The molecule has 0 aromatic rings. The maximum Gasteiger partial charge on any atom is 0.327 e. The first-order valence-electron chi connectivity index (χ1n) is 3.44. The van der Waals surface area contributed by atoms with Crippen molar-refractivity contribution in [2.24, 2.45) is 5.92 Å². The van der Waals surface area contributed by atoms with Crippen LogP contribution in [0.2, 0.25) is 0 Å². The minimum atomic E-state index is -3.53. The Morgan fingerprint density at radius 2 is 2.08 bits per heavy atom. The van der Waals surface area contributed by atoms with Crippen LogP contribution in [0.4, 0.5) is 0 Å². The lowest BCUT2D eigenvalue weighted by Gasteiger charge is -2.08. The van der Waals surface area contributed by atoms with E-state index in [4.69, 9.17) is 4.89 Å². The zero-order valence-corrected chi connectivity index (χ0v) is 8.21. The molecule has 0 aromatic heterocycles. The van der Waals surface area contributed by atoms with Crippen molar-refractivity contribution in [2.45, 2.75) is 13.8 Å². The molecular formula is C6H13O5P. The molecular weight excluding hydrogens is 183 g/mol. The van der Waals surface area contributed by atoms with Gasteiger partial charge in [-0.05, 0) is 0 Å². The molecule has 0 saturated heterocycles. The first kappa shape index (κ1) is 11.6.